The lowest BCUT2D eigenvalue weighted by molar-refractivity contribution is 0.145. The molecule has 1 saturated heterocycles. The van der Waals surface area contributed by atoms with Gasteiger partial charge in [-0.1, -0.05) is 13.8 Å². The molecule has 2 unspecified atom stereocenters. The smallest absolute Gasteiger partial charge is 0.191 e. The Hall–Kier alpha value is -0.120. The molecule has 1 rings (SSSR count). The number of ether oxygens (including phenoxy) is 1. The monoisotopic (exact) mass is 483 g/mol. The Balaban J connectivity index is 0.00000625. The highest BCUT2D eigenvalue weighted by molar-refractivity contribution is 14.0. The summed E-state index contributed by atoms with van der Waals surface area (Å²) < 4.78 is 5.10. The number of guanidine groups is 1. The molecular formula is C19H42IN5O. The van der Waals surface area contributed by atoms with Crippen LogP contribution < -0.4 is 10.6 Å². The summed E-state index contributed by atoms with van der Waals surface area (Å²) in [4.78, 5) is 9.63. The maximum absolute atomic E-state index is 5.10. The fourth-order valence-electron chi connectivity index (χ4n) is 3.58. The van der Waals surface area contributed by atoms with E-state index in [1.54, 1.807) is 7.11 Å². The van der Waals surface area contributed by atoms with Crippen LogP contribution in [0.4, 0.5) is 0 Å². The molecule has 1 aliphatic heterocycles. The summed E-state index contributed by atoms with van der Waals surface area (Å²) in [6.45, 7) is 15.9. The lowest BCUT2D eigenvalue weighted by Gasteiger charge is -2.34. The van der Waals surface area contributed by atoms with Crippen molar-refractivity contribution < 1.29 is 4.74 Å². The minimum absolute atomic E-state index is 0. The van der Waals surface area contributed by atoms with Crippen molar-refractivity contribution in [2.45, 2.75) is 33.6 Å². The highest BCUT2D eigenvalue weighted by Crippen LogP contribution is 2.20. The molecule has 6 nitrogen and oxygen atoms in total. The summed E-state index contributed by atoms with van der Waals surface area (Å²) in [5.74, 6) is 2.56. The van der Waals surface area contributed by atoms with Gasteiger partial charge < -0.3 is 25.2 Å². The zero-order valence-electron chi connectivity index (χ0n) is 17.6. The van der Waals surface area contributed by atoms with E-state index in [-0.39, 0.29) is 24.0 Å². The Kier molecular flexibility index (Phi) is 15.8. The maximum Gasteiger partial charge on any atom is 0.191 e. The van der Waals surface area contributed by atoms with Crippen LogP contribution in [0.2, 0.25) is 0 Å². The van der Waals surface area contributed by atoms with Crippen LogP contribution in [0.15, 0.2) is 4.99 Å². The Labute approximate surface area is 178 Å². The number of halogens is 1. The van der Waals surface area contributed by atoms with Crippen molar-refractivity contribution in [3.05, 3.63) is 0 Å². The Bertz CT molecular complexity index is 360. The molecule has 0 aromatic rings. The standard InChI is InChI=1S/C19H41N5O.HI/c1-6-20-19(21-8-11-23(4)10-7-13-25-5)22-9-12-24-15-17(2)14-18(3)16-24;/h17-18H,6-16H2,1-5H3,(H2,20,21,22);1H. The molecule has 1 fully saturated rings. The van der Waals surface area contributed by atoms with E-state index in [1.807, 2.05) is 0 Å². The second-order valence-electron chi connectivity index (χ2n) is 7.54. The molecule has 0 amide bonds. The van der Waals surface area contributed by atoms with Crippen molar-refractivity contribution in [1.82, 2.24) is 20.4 Å². The van der Waals surface area contributed by atoms with E-state index in [0.717, 1.165) is 70.1 Å². The molecule has 0 saturated carbocycles. The van der Waals surface area contributed by atoms with Gasteiger partial charge in [0.2, 0.25) is 0 Å². The number of aliphatic imine (C=N–C) groups is 1. The normalized spacial score (nSPS) is 21.5. The molecule has 0 spiro atoms. The molecule has 156 valence electrons. The number of likely N-dealkylation sites (N-methyl/N-ethyl adjacent to an activating group) is 1. The molecule has 1 heterocycles. The number of hydrogen-bond donors (Lipinski definition) is 2. The van der Waals surface area contributed by atoms with Gasteiger partial charge in [-0.25, -0.2) is 0 Å². The third-order valence-corrected chi connectivity index (χ3v) is 4.65. The summed E-state index contributed by atoms with van der Waals surface area (Å²) in [5, 5.41) is 6.79. The lowest BCUT2D eigenvalue weighted by atomic mass is 9.92. The molecule has 2 N–H and O–H groups in total. The van der Waals surface area contributed by atoms with Gasteiger partial charge in [-0.15, -0.1) is 24.0 Å². The van der Waals surface area contributed by atoms with E-state index in [4.69, 9.17) is 9.73 Å². The molecule has 1 aliphatic rings. The van der Waals surface area contributed by atoms with Gasteiger partial charge in [0.05, 0.1) is 6.54 Å². The summed E-state index contributed by atoms with van der Waals surface area (Å²) in [7, 11) is 3.91. The molecule has 0 aliphatic carbocycles. The lowest BCUT2D eigenvalue weighted by Crippen LogP contribution is -2.42. The second-order valence-corrected chi connectivity index (χ2v) is 7.54. The van der Waals surface area contributed by atoms with Crippen molar-refractivity contribution in [3.63, 3.8) is 0 Å². The van der Waals surface area contributed by atoms with Gasteiger partial charge in [-0.2, -0.15) is 0 Å². The molecule has 26 heavy (non-hydrogen) atoms. The first kappa shape index (κ1) is 25.9. The summed E-state index contributed by atoms with van der Waals surface area (Å²) in [5.41, 5.74) is 0. The molecule has 7 heteroatoms. The predicted octanol–water partition coefficient (Wildman–Crippen LogP) is 2.11. The zero-order valence-corrected chi connectivity index (χ0v) is 19.9. The topological polar surface area (TPSA) is 52.1 Å². The van der Waals surface area contributed by atoms with E-state index >= 15 is 0 Å². The number of rotatable bonds is 11. The minimum atomic E-state index is 0. The number of likely N-dealkylation sites (tertiary alicyclic amines) is 1. The van der Waals surface area contributed by atoms with Gasteiger partial charge in [-0.3, -0.25) is 4.99 Å². The van der Waals surface area contributed by atoms with Gasteiger partial charge in [0, 0.05) is 59.5 Å². The molecular weight excluding hydrogens is 441 g/mol. The quantitative estimate of drug-likeness (QED) is 0.204. The first-order valence-electron chi connectivity index (χ1n) is 9.97. The van der Waals surface area contributed by atoms with Gasteiger partial charge in [0.15, 0.2) is 5.96 Å². The molecule has 2 atom stereocenters. The molecule has 0 aromatic heterocycles. The van der Waals surface area contributed by atoms with Crippen LogP contribution in [0.1, 0.15) is 33.6 Å². The van der Waals surface area contributed by atoms with Crippen LogP contribution in [-0.4, -0.2) is 88.9 Å². The Morgan fingerprint density at radius 1 is 1.19 bits per heavy atom. The van der Waals surface area contributed by atoms with Crippen molar-refractivity contribution in [1.29, 1.82) is 0 Å². The van der Waals surface area contributed by atoms with Crippen LogP contribution in [0.3, 0.4) is 0 Å². The molecule has 0 aromatic carbocycles. The Morgan fingerprint density at radius 3 is 2.50 bits per heavy atom. The fourth-order valence-corrected chi connectivity index (χ4v) is 3.58. The van der Waals surface area contributed by atoms with Crippen molar-refractivity contribution >= 4 is 29.9 Å². The number of methoxy groups -OCH3 is 1. The minimum Gasteiger partial charge on any atom is -0.385 e. The van der Waals surface area contributed by atoms with Crippen molar-refractivity contribution in [2.24, 2.45) is 16.8 Å². The van der Waals surface area contributed by atoms with Gasteiger partial charge in [-0.05, 0) is 38.6 Å². The third kappa shape index (κ3) is 12.3. The van der Waals surface area contributed by atoms with Crippen LogP contribution in [0.25, 0.3) is 0 Å². The second kappa shape index (κ2) is 15.9. The number of piperidine rings is 1. The highest BCUT2D eigenvalue weighted by atomic mass is 127. The van der Waals surface area contributed by atoms with Crippen LogP contribution in [-0.2, 0) is 4.74 Å². The number of hydrogen-bond acceptors (Lipinski definition) is 4. The average molecular weight is 483 g/mol. The van der Waals surface area contributed by atoms with Gasteiger partial charge in [0.25, 0.3) is 0 Å². The SMILES string of the molecule is CCNC(=NCCN1CC(C)CC(C)C1)NCCN(C)CCCOC.I. The first-order valence-corrected chi connectivity index (χ1v) is 9.97. The van der Waals surface area contributed by atoms with E-state index in [1.165, 1.54) is 19.5 Å². The van der Waals surface area contributed by atoms with E-state index in [0.29, 0.717) is 0 Å². The van der Waals surface area contributed by atoms with E-state index in [9.17, 15) is 0 Å². The highest BCUT2D eigenvalue weighted by Gasteiger charge is 2.20. The van der Waals surface area contributed by atoms with Crippen LogP contribution in [0.5, 0.6) is 0 Å². The number of nitrogens with one attached hydrogen (secondary N) is 2. The van der Waals surface area contributed by atoms with Crippen molar-refractivity contribution in [3.8, 4) is 0 Å². The molecule has 0 bridgehead atoms. The summed E-state index contributed by atoms with van der Waals surface area (Å²) in [6.07, 6.45) is 2.44. The maximum atomic E-state index is 5.10. The summed E-state index contributed by atoms with van der Waals surface area (Å²) >= 11 is 0. The van der Waals surface area contributed by atoms with Crippen LogP contribution in [0, 0.1) is 11.8 Å². The largest absolute Gasteiger partial charge is 0.385 e. The van der Waals surface area contributed by atoms with Crippen molar-refractivity contribution in [2.75, 3.05) is 73.1 Å². The molecule has 0 radical (unpaired) electrons. The third-order valence-electron chi connectivity index (χ3n) is 4.65. The fraction of sp³-hybridized carbons (Fsp3) is 0.947. The average Bonchev–Trinajstić information content (AvgIpc) is 2.54. The van der Waals surface area contributed by atoms with Gasteiger partial charge in [0.1, 0.15) is 0 Å². The number of nitrogens with zero attached hydrogens (tertiary/aromatic N) is 3. The van der Waals surface area contributed by atoms with Gasteiger partial charge >= 0.3 is 0 Å². The van der Waals surface area contributed by atoms with Crippen LogP contribution >= 0.6 is 24.0 Å². The summed E-state index contributed by atoms with van der Waals surface area (Å²) in [6, 6.07) is 0. The van der Waals surface area contributed by atoms with E-state index in [2.05, 4.69) is 48.3 Å². The van der Waals surface area contributed by atoms with E-state index < -0.39 is 0 Å². The predicted molar refractivity (Wildman–Crippen MR) is 123 cm³/mol. The zero-order chi connectivity index (χ0) is 18.5. The first-order chi connectivity index (χ1) is 12.0. The Morgan fingerprint density at radius 2 is 1.88 bits per heavy atom.